The fraction of sp³-hybridized carbons (Fsp3) is 0.400. The van der Waals surface area contributed by atoms with Crippen LogP contribution >= 0.6 is 27.7 Å². The average Bonchev–Trinajstić information content (AvgIpc) is 3.07. The van der Waals surface area contributed by atoms with Crippen molar-refractivity contribution in [1.82, 2.24) is 4.90 Å². The van der Waals surface area contributed by atoms with Gasteiger partial charge in [-0.2, -0.15) is 0 Å². The van der Waals surface area contributed by atoms with E-state index in [4.69, 9.17) is 4.74 Å². The third kappa shape index (κ3) is 4.94. The number of carbonyl (C=O) groups is 1. The quantitative estimate of drug-likeness (QED) is 0.432. The zero-order valence-corrected chi connectivity index (χ0v) is 20.8. The molecule has 4 rings (SSSR count). The number of carbonyl (C=O) groups excluding carboxylic acids is 1. The molecule has 2 aromatic carbocycles. The molecule has 7 heteroatoms. The molecule has 1 amide bonds. The van der Waals surface area contributed by atoms with E-state index in [0.717, 1.165) is 30.5 Å². The van der Waals surface area contributed by atoms with Crippen LogP contribution in [0.1, 0.15) is 45.1 Å². The van der Waals surface area contributed by atoms with Crippen molar-refractivity contribution in [2.75, 3.05) is 11.9 Å². The maximum atomic E-state index is 13.6. The number of anilines is 1. The van der Waals surface area contributed by atoms with Crippen LogP contribution in [0.4, 0.5) is 5.69 Å². The summed E-state index contributed by atoms with van der Waals surface area (Å²) in [4.78, 5) is 16.4. The highest BCUT2D eigenvalue weighted by atomic mass is 79.9. The highest BCUT2D eigenvalue weighted by Crippen LogP contribution is 2.43. The summed E-state index contributed by atoms with van der Waals surface area (Å²) in [7, 11) is 0. The third-order valence-corrected chi connectivity index (χ3v) is 7.79. The third-order valence-electron chi connectivity index (χ3n) is 6.07. The first-order valence-electron chi connectivity index (χ1n) is 11.2. The SMILES string of the molecule is CCOc1cc(/C=C2\SC(Nc3ccccc3)N([C@@H]3CCCC[C@@H]3C)C2=O)cc(Br)c1O. The molecule has 1 aliphatic carbocycles. The van der Waals surface area contributed by atoms with Crippen molar-refractivity contribution in [3.8, 4) is 11.5 Å². The lowest BCUT2D eigenvalue weighted by atomic mass is 9.85. The second-order valence-corrected chi connectivity index (χ2v) is 10.3. The number of nitrogens with one attached hydrogen (secondary N) is 1. The summed E-state index contributed by atoms with van der Waals surface area (Å²) in [5, 5.41) is 13.8. The van der Waals surface area contributed by atoms with E-state index >= 15 is 0 Å². The van der Waals surface area contributed by atoms with Crippen molar-refractivity contribution in [3.05, 3.63) is 57.4 Å². The maximum absolute atomic E-state index is 13.6. The highest BCUT2D eigenvalue weighted by Gasteiger charge is 2.42. The Morgan fingerprint density at radius 1 is 1.25 bits per heavy atom. The minimum absolute atomic E-state index is 0.0596. The van der Waals surface area contributed by atoms with Crippen LogP contribution in [0.2, 0.25) is 0 Å². The van der Waals surface area contributed by atoms with Gasteiger partial charge in [-0.15, -0.1) is 0 Å². The Morgan fingerprint density at radius 2 is 2.00 bits per heavy atom. The summed E-state index contributed by atoms with van der Waals surface area (Å²) >= 11 is 4.95. The van der Waals surface area contributed by atoms with E-state index in [1.54, 1.807) is 17.8 Å². The summed E-state index contributed by atoms with van der Waals surface area (Å²) in [6, 6.07) is 13.8. The van der Waals surface area contributed by atoms with E-state index in [2.05, 4.69) is 28.2 Å². The second kappa shape index (κ2) is 10.2. The largest absolute Gasteiger partial charge is 0.503 e. The van der Waals surface area contributed by atoms with E-state index in [-0.39, 0.29) is 23.2 Å². The zero-order chi connectivity index (χ0) is 22.7. The van der Waals surface area contributed by atoms with Crippen LogP contribution in [0.15, 0.2) is 51.8 Å². The summed E-state index contributed by atoms with van der Waals surface area (Å²) in [6.45, 7) is 4.58. The number of nitrogens with zero attached hydrogens (tertiary/aromatic N) is 1. The van der Waals surface area contributed by atoms with Crippen LogP contribution in [0, 0.1) is 5.92 Å². The van der Waals surface area contributed by atoms with Crippen LogP contribution in [0.5, 0.6) is 11.5 Å². The minimum atomic E-state index is -0.159. The Bertz CT molecular complexity index is 998. The Labute approximate surface area is 202 Å². The van der Waals surface area contributed by atoms with Crippen LogP contribution in [-0.2, 0) is 4.79 Å². The molecule has 0 aromatic heterocycles. The van der Waals surface area contributed by atoms with Gasteiger partial charge >= 0.3 is 0 Å². The van der Waals surface area contributed by atoms with Crippen LogP contribution in [0.25, 0.3) is 6.08 Å². The Kier molecular flexibility index (Phi) is 7.36. The number of hydrogen-bond donors (Lipinski definition) is 2. The number of hydrogen-bond acceptors (Lipinski definition) is 5. The van der Waals surface area contributed by atoms with Crippen molar-refractivity contribution in [2.45, 2.75) is 51.1 Å². The number of aromatic hydroxyl groups is 1. The van der Waals surface area contributed by atoms with Gasteiger partial charge in [0.1, 0.15) is 0 Å². The van der Waals surface area contributed by atoms with Gasteiger partial charge in [-0.1, -0.05) is 49.7 Å². The molecule has 2 N–H and O–H groups in total. The number of thioether (sulfide) groups is 1. The summed E-state index contributed by atoms with van der Waals surface area (Å²) in [5.74, 6) is 1.01. The molecule has 2 aliphatic rings. The fourth-order valence-corrected chi connectivity index (χ4v) is 6.13. The van der Waals surface area contributed by atoms with Crippen LogP contribution in [-0.4, -0.2) is 34.1 Å². The molecule has 0 spiro atoms. The molecule has 2 aromatic rings. The number of amides is 1. The number of phenols is 1. The molecule has 1 aliphatic heterocycles. The van der Waals surface area contributed by atoms with Gasteiger partial charge in [-0.05, 0) is 77.5 Å². The maximum Gasteiger partial charge on any atom is 0.262 e. The van der Waals surface area contributed by atoms with Crippen LogP contribution in [0.3, 0.4) is 0 Å². The van der Waals surface area contributed by atoms with Crippen LogP contribution < -0.4 is 10.1 Å². The van der Waals surface area contributed by atoms with Gasteiger partial charge in [0, 0.05) is 11.7 Å². The lowest BCUT2D eigenvalue weighted by Crippen LogP contribution is -2.48. The van der Waals surface area contributed by atoms with Gasteiger partial charge in [0.05, 0.1) is 16.0 Å². The van der Waals surface area contributed by atoms with Gasteiger partial charge in [0.2, 0.25) is 0 Å². The number of rotatable bonds is 6. The normalized spacial score (nSPS) is 24.7. The average molecular weight is 517 g/mol. The first-order chi connectivity index (χ1) is 15.5. The summed E-state index contributed by atoms with van der Waals surface area (Å²) < 4.78 is 6.10. The molecule has 1 saturated heterocycles. The number of phenolic OH excluding ortho intramolecular Hbond substituents is 1. The zero-order valence-electron chi connectivity index (χ0n) is 18.4. The predicted octanol–water partition coefficient (Wildman–Crippen LogP) is 6.44. The summed E-state index contributed by atoms with van der Waals surface area (Å²) in [6.07, 6.45) is 6.47. The Morgan fingerprint density at radius 3 is 2.72 bits per heavy atom. The molecule has 170 valence electrons. The molecular formula is C25H29BrN2O3S. The van der Waals surface area contributed by atoms with E-state index in [1.165, 1.54) is 6.42 Å². The predicted molar refractivity (Wildman–Crippen MR) is 135 cm³/mol. The minimum Gasteiger partial charge on any atom is -0.503 e. The molecule has 5 nitrogen and oxygen atoms in total. The molecule has 1 unspecified atom stereocenters. The molecule has 0 bridgehead atoms. The van der Waals surface area contributed by atoms with Crippen molar-refractivity contribution in [3.63, 3.8) is 0 Å². The lowest BCUT2D eigenvalue weighted by Gasteiger charge is -2.39. The van der Waals surface area contributed by atoms with Gasteiger partial charge in [-0.3, -0.25) is 4.79 Å². The monoisotopic (exact) mass is 516 g/mol. The first-order valence-corrected chi connectivity index (χ1v) is 12.8. The van der Waals surface area contributed by atoms with Crippen molar-refractivity contribution in [1.29, 1.82) is 0 Å². The Balaban J connectivity index is 1.67. The first kappa shape index (κ1) is 23.1. The number of halogens is 1. The van der Waals surface area contributed by atoms with Gasteiger partial charge in [0.25, 0.3) is 5.91 Å². The lowest BCUT2D eigenvalue weighted by molar-refractivity contribution is -0.129. The number of benzene rings is 2. The van der Waals surface area contributed by atoms with Gasteiger partial charge in [-0.25, -0.2) is 0 Å². The molecule has 0 radical (unpaired) electrons. The number of para-hydroxylation sites is 1. The topological polar surface area (TPSA) is 61.8 Å². The standard InChI is InChI=1S/C25H29BrN2O3S/c1-3-31-21-14-17(13-19(26)23(21)29)15-22-24(30)28(20-12-8-7-9-16(20)2)25(32-22)27-18-10-5-4-6-11-18/h4-6,10-11,13-16,20,25,27,29H,3,7-9,12H2,1-2H3/b22-15-/t16-,20+,25?/m0/s1. The smallest absolute Gasteiger partial charge is 0.262 e. The van der Waals surface area contributed by atoms with E-state index in [0.29, 0.717) is 27.7 Å². The van der Waals surface area contributed by atoms with Gasteiger partial charge < -0.3 is 20.1 Å². The van der Waals surface area contributed by atoms with E-state index in [1.807, 2.05) is 54.3 Å². The second-order valence-electron chi connectivity index (χ2n) is 8.31. The van der Waals surface area contributed by atoms with Crippen molar-refractivity contribution in [2.24, 2.45) is 5.92 Å². The van der Waals surface area contributed by atoms with E-state index < -0.39 is 0 Å². The van der Waals surface area contributed by atoms with Gasteiger partial charge in [0.15, 0.2) is 17.0 Å². The molecule has 1 heterocycles. The Hall–Kier alpha value is -2.12. The molecule has 2 fully saturated rings. The number of ether oxygens (including phenoxy) is 1. The van der Waals surface area contributed by atoms with Crippen molar-refractivity contribution >= 4 is 45.4 Å². The highest BCUT2D eigenvalue weighted by molar-refractivity contribution is 9.10. The van der Waals surface area contributed by atoms with Crippen molar-refractivity contribution < 1.29 is 14.6 Å². The molecule has 1 saturated carbocycles. The molecule has 3 atom stereocenters. The van der Waals surface area contributed by atoms with E-state index in [9.17, 15) is 9.90 Å². The molecule has 32 heavy (non-hydrogen) atoms. The fourth-order valence-electron chi connectivity index (χ4n) is 4.46. The molecular weight excluding hydrogens is 488 g/mol. The summed E-state index contributed by atoms with van der Waals surface area (Å²) in [5.41, 5.74) is 1.65.